The van der Waals surface area contributed by atoms with Crippen LogP contribution < -0.4 is 9.64 Å². The van der Waals surface area contributed by atoms with Gasteiger partial charge in [0.2, 0.25) is 5.82 Å². The molecule has 28 heavy (non-hydrogen) atoms. The Kier molecular flexibility index (Phi) is 4.57. The first kappa shape index (κ1) is 17.8. The van der Waals surface area contributed by atoms with Gasteiger partial charge >= 0.3 is 0 Å². The Balaban J connectivity index is 1.59. The Bertz CT molecular complexity index is 1100. The van der Waals surface area contributed by atoms with Crippen molar-refractivity contribution in [2.45, 2.75) is 19.9 Å². The minimum Gasteiger partial charge on any atom is -0.453 e. The lowest BCUT2D eigenvalue weighted by atomic mass is 10.0. The van der Waals surface area contributed by atoms with Crippen LogP contribution in [0.3, 0.4) is 0 Å². The predicted molar refractivity (Wildman–Crippen MR) is 96.9 cm³/mol. The Morgan fingerprint density at radius 1 is 1.21 bits per heavy atom. The number of nitriles is 1. The van der Waals surface area contributed by atoms with Gasteiger partial charge in [0.1, 0.15) is 11.8 Å². The molecule has 3 aromatic rings. The lowest BCUT2D eigenvalue weighted by Gasteiger charge is -2.30. The van der Waals surface area contributed by atoms with E-state index in [1.165, 1.54) is 18.3 Å². The van der Waals surface area contributed by atoms with E-state index in [1.54, 1.807) is 12.1 Å². The number of nitrogens with zero attached hydrogens (tertiary/aromatic N) is 5. The summed E-state index contributed by atoms with van der Waals surface area (Å²) in [5.74, 6) is -1.17. The molecule has 1 aromatic carbocycles. The fraction of sp³-hybridized carbons (Fsp3) is 0.200. The van der Waals surface area contributed by atoms with Gasteiger partial charge in [0.25, 0.3) is 0 Å². The van der Waals surface area contributed by atoms with Gasteiger partial charge in [0.05, 0.1) is 6.20 Å². The third-order valence-electron chi connectivity index (χ3n) is 4.53. The van der Waals surface area contributed by atoms with Crippen molar-refractivity contribution in [1.29, 1.82) is 5.26 Å². The molecule has 140 valence electrons. The summed E-state index contributed by atoms with van der Waals surface area (Å²) >= 11 is 0. The van der Waals surface area contributed by atoms with Crippen molar-refractivity contribution >= 4 is 5.82 Å². The maximum absolute atomic E-state index is 13.8. The van der Waals surface area contributed by atoms with Crippen molar-refractivity contribution in [3.63, 3.8) is 0 Å². The molecule has 0 bridgehead atoms. The molecule has 6 nitrogen and oxygen atoms in total. The van der Waals surface area contributed by atoms with Gasteiger partial charge in [-0.1, -0.05) is 6.07 Å². The number of ether oxygens (including phenoxy) is 1. The van der Waals surface area contributed by atoms with E-state index in [-0.39, 0.29) is 11.4 Å². The van der Waals surface area contributed by atoms with E-state index < -0.39 is 11.6 Å². The fourth-order valence-corrected chi connectivity index (χ4v) is 3.18. The third-order valence-corrected chi connectivity index (χ3v) is 4.53. The van der Waals surface area contributed by atoms with Crippen LogP contribution in [0.2, 0.25) is 0 Å². The summed E-state index contributed by atoms with van der Waals surface area (Å²) < 4.78 is 32.7. The quantitative estimate of drug-likeness (QED) is 0.691. The average Bonchev–Trinajstić information content (AvgIpc) is 2.71. The molecule has 0 spiro atoms. The van der Waals surface area contributed by atoms with Gasteiger partial charge in [0.15, 0.2) is 23.1 Å². The molecule has 2 aromatic heterocycles. The number of halogens is 2. The standard InChI is InChI=1S/C20H15F2N5O/c1-12-7-14(9-23)25-26-20(12)27-6-5-17-13(11-27)8-15(10-24-17)28-18-4-2-3-16(21)19(18)22/h2-4,7-8,10H,5-6,11H2,1H3. The Morgan fingerprint density at radius 3 is 2.86 bits per heavy atom. The molecular formula is C20H15F2N5O. The zero-order valence-electron chi connectivity index (χ0n) is 15.0. The van der Waals surface area contributed by atoms with Crippen molar-refractivity contribution < 1.29 is 13.5 Å². The van der Waals surface area contributed by atoms with Gasteiger partial charge in [-0.2, -0.15) is 9.65 Å². The Morgan fingerprint density at radius 2 is 2.07 bits per heavy atom. The van der Waals surface area contributed by atoms with Crippen molar-refractivity contribution in [1.82, 2.24) is 15.2 Å². The highest BCUT2D eigenvalue weighted by molar-refractivity contribution is 5.50. The van der Waals surface area contributed by atoms with E-state index >= 15 is 0 Å². The van der Waals surface area contributed by atoms with E-state index in [1.807, 2.05) is 17.9 Å². The first-order valence-corrected chi connectivity index (χ1v) is 8.64. The second-order valence-corrected chi connectivity index (χ2v) is 6.45. The zero-order valence-corrected chi connectivity index (χ0v) is 15.0. The summed E-state index contributed by atoms with van der Waals surface area (Å²) in [6, 6.07) is 9.22. The highest BCUT2D eigenvalue weighted by Gasteiger charge is 2.21. The van der Waals surface area contributed by atoms with Crippen LogP contribution in [0.5, 0.6) is 11.5 Å². The second-order valence-electron chi connectivity index (χ2n) is 6.45. The fourth-order valence-electron chi connectivity index (χ4n) is 3.18. The molecule has 4 rings (SSSR count). The molecule has 1 aliphatic rings. The molecule has 0 saturated heterocycles. The predicted octanol–water partition coefficient (Wildman–Crippen LogP) is 3.68. The van der Waals surface area contributed by atoms with E-state index in [2.05, 4.69) is 15.2 Å². The zero-order chi connectivity index (χ0) is 19.7. The monoisotopic (exact) mass is 379 g/mol. The largest absolute Gasteiger partial charge is 0.453 e. The number of pyridine rings is 1. The highest BCUT2D eigenvalue weighted by Crippen LogP contribution is 2.30. The SMILES string of the molecule is Cc1cc(C#N)nnc1N1CCc2ncc(Oc3cccc(F)c3F)cc2C1. The topological polar surface area (TPSA) is 74.9 Å². The van der Waals surface area contributed by atoms with Crippen LogP contribution in [-0.4, -0.2) is 21.7 Å². The molecule has 0 aliphatic carbocycles. The molecule has 0 fully saturated rings. The number of rotatable bonds is 3. The number of hydrogen-bond donors (Lipinski definition) is 0. The second kappa shape index (κ2) is 7.19. The molecule has 0 amide bonds. The van der Waals surface area contributed by atoms with Crippen molar-refractivity contribution in [3.8, 4) is 17.6 Å². The maximum atomic E-state index is 13.8. The molecule has 0 N–H and O–H groups in total. The summed E-state index contributed by atoms with van der Waals surface area (Å²) in [5.41, 5.74) is 2.96. The number of aryl methyl sites for hydroxylation is 1. The summed E-state index contributed by atoms with van der Waals surface area (Å²) in [5, 5.41) is 17.0. The van der Waals surface area contributed by atoms with E-state index in [9.17, 15) is 8.78 Å². The van der Waals surface area contributed by atoms with E-state index in [0.717, 1.165) is 22.9 Å². The van der Waals surface area contributed by atoms with Gasteiger partial charge < -0.3 is 9.64 Å². The van der Waals surface area contributed by atoms with E-state index in [0.29, 0.717) is 31.1 Å². The Hall–Kier alpha value is -3.60. The molecular weight excluding hydrogens is 364 g/mol. The lowest BCUT2D eigenvalue weighted by molar-refractivity contribution is 0.414. The lowest BCUT2D eigenvalue weighted by Crippen LogP contribution is -2.32. The number of hydrogen-bond acceptors (Lipinski definition) is 6. The van der Waals surface area contributed by atoms with Crippen LogP contribution in [0.1, 0.15) is 22.5 Å². The van der Waals surface area contributed by atoms with E-state index in [4.69, 9.17) is 10.00 Å². The molecule has 8 heteroatoms. The Labute approximate surface area is 160 Å². The number of benzene rings is 1. The van der Waals surface area contributed by atoms with Gasteiger partial charge in [0, 0.05) is 25.2 Å². The summed E-state index contributed by atoms with van der Waals surface area (Å²) in [4.78, 5) is 6.44. The summed E-state index contributed by atoms with van der Waals surface area (Å²) in [6.07, 6.45) is 2.21. The van der Waals surface area contributed by atoms with Crippen LogP contribution in [0.4, 0.5) is 14.6 Å². The van der Waals surface area contributed by atoms with Crippen LogP contribution in [0, 0.1) is 29.9 Å². The maximum Gasteiger partial charge on any atom is 0.201 e. The number of fused-ring (bicyclic) bond motifs is 1. The van der Waals surface area contributed by atoms with Crippen LogP contribution in [0.25, 0.3) is 0 Å². The number of aromatic nitrogens is 3. The van der Waals surface area contributed by atoms with Crippen molar-refractivity contribution in [2.24, 2.45) is 0 Å². The van der Waals surface area contributed by atoms with Crippen LogP contribution in [0.15, 0.2) is 36.5 Å². The van der Waals surface area contributed by atoms with Gasteiger partial charge in [-0.3, -0.25) is 4.98 Å². The molecule has 1 aliphatic heterocycles. The smallest absolute Gasteiger partial charge is 0.201 e. The summed E-state index contributed by atoms with van der Waals surface area (Å²) in [7, 11) is 0. The van der Waals surface area contributed by atoms with Crippen LogP contribution in [-0.2, 0) is 13.0 Å². The first-order valence-electron chi connectivity index (χ1n) is 8.64. The molecule has 0 atom stereocenters. The highest BCUT2D eigenvalue weighted by atomic mass is 19.2. The van der Waals surface area contributed by atoms with Crippen molar-refractivity contribution in [3.05, 3.63) is 70.7 Å². The average molecular weight is 379 g/mol. The van der Waals surface area contributed by atoms with Gasteiger partial charge in [-0.05, 0) is 42.3 Å². The molecule has 0 saturated carbocycles. The molecule has 3 heterocycles. The van der Waals surface area contributed by atoms with Crippen molar-refractivity contribution in [2.75, 3.05) is 11.4 Å². The molecule has 0 unspecified atom stereocenters. The first-order chi connectivity index (χ1) is 13.5. The van der Waals surface area contributed by atoms with Gasteiger partial charge in [-0.25, -0.2) is 4.39 Å². The molecule has 0 radical (unpaired) electrons. The minimum absolute atomic E-state index is 0.191. The number of anilines is 1. The minimum atomic E-state index is -1.04. The van der Waals surface area contributed by atoms with Gasteiger partial charge in [-0.15, -0.1) is 10.2 Å². The normalized spacial score (nSPS) is 13.0. The summed E-state index contributed by atoms with van der Waals surface area (Å²) in [6.45, 7) is 3.11. The third kappa shape index (κ3) is 3.34. The van der Waals surface area contributed by atoms with Crippen LogP contribution >= 0.6 is 0 Å².